The molecule has 0 aromatic rings. The van der Waals surface area contributed by atoms with Crippen molar-refractivity contribution in [3.63, 3.8) is 0 Å². The van der Waals surface area contributed by atoms with Gasteiger partial charge in [0.15, 0.2) is 5.78 Å². The van der Waals surface area contributed by atoms with E-state index in [1.165, 1.54) is 0 Å². The van der Waals surface area contributed by atoms with Crippen LogP contribution in [-0.2, 0) is 4.79 Å². The van der Waals surface area contributed by atoms with Gasteiger partial charge in [0.2, 0.25) is 0 Å². The first-order valence-corrected chi connectivity index (χ1v) is 3.21. The first kappa shape index (κ1) is 9.56. The van der Waals surface area contributed by atoms with Crippen molar-refractivity contribution in [3.8, 4) is 0 Å². The van der Waals surface area contributed by atoms with Crippen LogP contribution in [-0.4, -0.2) is 62.8 Å². The van der Waals surface area contributed by atoms with E-state index in [2.05, 4.69) is 0 Å². The zero-order valence-corrected chi connectivity index (χ0v) is 6.16. The Morgan fingerprint density at radius 2 is 1.83 bits per heavy atom. The third kappa shape index (κ3) is 2.84. The summed E-state index contributed by atoms with van der Waals surface area (Å²) in [6.45, 7) is -2.93. The summed E-state index contributed by atoms with van der Waals surface area (Å²) in [5, 5.41) is 43.2. The van der Waals surface area contributed by atoms with Crippen molar-refractivity contribution in [1.29, 1.82) is 0 Å². The summed E-state index contributed by atoms with van der Waals surface area (Å²) < 4.78 is 6.53. The summed E-state index contributed by atoms with van der Waals surface area (Å²) in [5.41, 5.74) is 0. The van der Waals surface area contributed by atoms with Crippen molar-refractivity contribution in [2.75, 3.05) is 13.2 Å². The second kappa shape index (κ2) is 5.18. The lowest BCUT2D eigenvalue weighted by Crippen LogP contribution is -2.43. The Bertz CT molecular complexity index is 173. The van der Waals surface area contributed by atoms with Gasteiger partial charge in [-0.3, -0.25) is 4.79 Å². The van der Waals surface area contributed by atoms with Crippen LogP contribution < -0.4 is 0 Å². The maximum Gasteiger partial charge on any atom is 0.194 e. The molecule has 0 aliphatic rings. The fourth-order valence-electron chi connectivity index (χ4n) is 0.538. The smallest absolute Gasteiger partial charge is 0.194 e. The quantitative estimate of drug-likeness (QED) is 0.303. The van der Waals surface area contributed by atoms with Crippen molar-refractivity contribution >= 4 is 5.78 Å². The van der Waals surface area contributed by atoms with E-state index in [1.807, 2.05) is 0 Å². The Morgan fingerprint density at radius 1 is 1.33 bits per heavy atom. The fourth-order valence-corrected chi connectivity index (χ4v) is 0.538. The lowest BCUT2D eigenvalue weighted by atomic mass is 10.1. The van der Waals surface area contributed by atoms with Crippen molar-refractivity contribution in [2.24, 2.45) is 0 Å². The second-order valence-electron chi connectivity index (χ2n) is 2.19. The molecule has 5 N–H and O–H groups in total. The van der Waals surface area contributed by atoms with E-state index >= 15 is 0 Å². The second-order valence-corrected chi connectivity index (χ2v) is 2.19. The zero-order chi connectivity index (χ0) is 10.6. The van der Waals surface area contributed by atoms with Crippen LogP contribution in [0.4, 0.5) is 0 Å². The monoisotopic (exact) mass is 182 g/mol. The number of hydrogen-bond donors (Lipinski definition) is 5. The van der Waals surface area contributed by atoms with E-state index in [4.69, 9.17) is 26.9 Å². The summed E-state index contributed by atoms with van der Waals surface area (Å²) in [5.74, 6) is -1.30. The molecule has 0 rings (SSSR count). The molecule has 12 heavy (non-hydrogen) atoms. The summed E-state index contributed by atoms with van der Waals surface area (Å²) in [6.07, 6.45) is -5.81. The highest BCUT2D eigenvalue weighted by molar-refractivity contribution is 5.87. The maximum absolute atomic E-state index is 10.8. The molecule has 0 spiro atoms. The Hall–Kier alpha value is -0.530. The summed E-state index contributed by atoms with van der Waals surface area (Å²) in [7, 11) is 0. The van der Waals surface area contributed by atoms with Gasteiger partial charge >= 0.3 is 0 Å². The largest absolute Gasteiger partial charge is 0.394 e. The SMILES string of the molecule is [3H]C(O)[C@@H](O)C(=O)[C@@H](O)[C@H](O)CO. The molecule has 0 saturated carbocycles. The van der Waals surface area contributed by atoms with Crippen LogP contribution >= 0.6 is 0 Å². The van der Waals surface area contributed by atoms with Crippen LogP contribution in [0.25, 0.3) is 0 Å². The number of Topliss-reactive ketones (excluding diaryl/α,β-unsaturated/α-hetero) is 1. The summed E-state index contributed by atoms with van der Waals surface area (Å²) >= 11 is 0. The van der Waals surface area contributed by atoms with E-state index in [0.29, 0.717) is 0 Å². The molecule has 0 bridgehead atoms. The lowest BCUT2D eigenvalue weighted by Gasteiger charge is -2.16. The maximum atomic E-state index is 10.8. The van der Waals surface area contributed by atoms with E-state index < -0.39 is 37.3 Å². The molecule has 0 aliphatic heterocycles. The molecule has 4 atom stereocenters. The Kier molecular flexibility index (Phi) is 4.12. The lowest BCUT2D eigenvalue weighted by molar-refractivity contribution is -0.144. The van der Waals surface area contributed by atoms with Crippen LogP contribution in [0.5, 0.6) is 0 Å². The molecule has 0 fully saturated rings. The first-order valence-electron chi connectivity index (χ1n) is 3.78. The van der Waals surface area contributed by atoms with E-state index in [-0.39, 0.29) is 0 Å². The molecule has 0 aromatic carbocycles. The molecule has 6 nitrogen and oxygen atoms in total. The van der Waals surface area contributed by atoms with Gasteiger partial charge in [-0.05, 0) is 0 Å². The van der Waals surface area contributed by atoms with Gasteiger partial charge in [-0.2, -0.15) is 0 Å². The number of rotatable bonds is 5. The predicted octanol–water partition coefficient (Wildman–Crippen LogP) is -3.38. The highest BCUT2D eigenvalue weighted by atomic mass is 16.4. The van der Waals surface area contributed by atoms with Crippen molar-refractivity contribution < 1.29 is 31.7 Å². The summed E-state index contributed by atoms with van der Waals surface area (Å²) in [6, 6.07) is 0. The number of hydrogen-bond acceptors (Lipinski definition) is 6. The Labute approximate surface area is 70.1 Å². The number of aliphatic hydroxyl groups is 5. The van der Waals surface area contributed by atoms with E-state index in [0.717, 1.165) is 0 Å². The van der Waals surface area contributed by atoms with Gasteiger partial charge < -0.3 is 25.5 Å². The first-order chi connectivity index (χ1) is 5.91. The standard InChI is InChI=1S/C6H12O6/c7-1-3(9)5(11)6(12)4(10)2-8/h3-5,7-11H,1-2H2/t3-,4-,5+/m1/s1/i2T/t2?,3-,4-,5+. The third-order valence-electron chi connectivity index (χ3n) is 1.28. The fraction of sp³-hybridized carbons (Fsp3) is 0.833. The van der Waals surface area contributed by atoms with Gasteiger partial charge in [-0.25, -0.2) is 0 Å². The molecule has 72 valence electrons. The highest BCUT2D eigenvalue weighted by Crippen LogP contribution is 1.98. The number of ketones is 1. The molecule has 1 unspecified atom stereocenters. The number of carbonyl (C=O) groups is 1. The topological polar surface area (TPSA) is 118 Å². The van der Waals surface area contributed by atoms with Crippen molar-refractivity contribution in [2.45, 2.75) is 18.3 Å². The van der Waals surface area contributed by atoms with Gasteiger partial charge in [0.25, 0.3) is 0 Å². The van der Waals surface area contributed by atoms with Gasteiger partial charge in [0.05, 0.1) is 14.6 Å². The molecular formula is C6H12O6. The van der Waals surface area contributed by atoms with Crippen molar-refractivity contribution in [3.05, 3.63) is 0 Å². The molecule has 0 amide bonds. The average Bonchev–Trinajstić information content (AvgIpc) is 2.12. The van der Waals surface area contributed by atoms with Crippen LogP contribution in [0.2, 0.25) is 0 Å². The van der Waals surface area contributed by atoms with E-state index in [9.17, 15) is 4.79 Å². The molecule has 0 aliphatic carbocycles. The number of aliphatic hydroxyl groups excluding tert-OH is 5. The molecule has 0 radical (unpaired) electrons. The molecule has 0 heterocycles. The molecular weight excluding hydrogens is 168 g/mol. The van der Waals surface area contributed by atoms with Crippen LogP contribution in [0.15, 0.2) is 0 Å². The molecule has 6 heteroatoms. The van der Waals surface area contributed by atoms with Crippen LogP contribution in [0, 0.1) is 0 Å². The molecule has 0 aromatic heterocycles. The van der Waals surface area contributed by atoms with Gasteiger partial charge in [-0.1, -0.05) is 0 Å². The number of carbonyl (C=O) groups excluding carboxylic acids is 1. The normalized spacial score (nSPS) is 22.2. The molecule has 0 saturated heterocycles. The van der Waals surface area contributed by atoms with Gasteiger partial charge in [0, 0.05) is 0 Å². The average molecular weight is 182 g/mol. The van der Waals surface area contributed by atoms with Crippen LogP contribution in [0.3, 0.4) is 0 Å². The minimum absolute atomic E-state index is 0.853. The third-order valence-corrected chi connectivity index (χ3v) is 1.28. The Morgan fingerprint density at radius 3 is 2.17 bits per heavy atom. The van der Waals surface area contributed by atoms with Crippen LogP contribution in [0.1, 0.15) is 1.37 Å². The van der Waals surface area contributed by atoms with Gasteiger partial charge in [-0.15, -0.1) is 0 Å². The predicted molar refractivity (Wildman–Crippen MR) is 37.2 cm³/mol. The van der Waals surface area contributed by atoms with Crippen molar-refractivity contribution in [1.82, 2.24) is 0 Å². The summed E-state index contributed by atoms with van der Waals surface area (Å²) in [4.78, 5) is 10.8. The van der Waals surface area contributed by atoms with Gasteiger partial charge in [0.1, 0.15) is 18.3 Å². The minimum Gasteiger partial charge on any atom is -0.394 e. The zero-order valence-electron chi connectivity index (χ0n) is 7.16. The highest BCUT2D eigenvalue weighted by Gasteiger charge is 2.28. The Balaban J connectivity index is 4.25. The minimum atomic E-state index is -2.09. The van der Waals surface area contributed by atoms with E-state index in [1.54, 1.807) is 0 Å².